The summed E-state index contributed by atoms with van der Waals surface area (Å²) in [5.41, 5.74) is 9.30. The van der Waals surface area contributed by atoms with Crippen LogP contribution in [0.3, 0.4) is 0 Å². The van der Waals surface area contributed by atoms with Crippen LogP contribution in [0.4, 0.5) is 0 Å². The molecule has 0 bridgehead atoms. The third kappa shape index (κ3) is 6.01. The molecule has 2 aromatic heterocycles. The molecule has 9 nitrogen and oxygen atoms in total. The van der Waals surface area contributed by atoms with Gasteiger partial charge in [0.15, 0.2) is 0 Å². The molecule has 140 valence electrons. The summed E-state index contributed by atoms with van der Waals surface area (Å²) >= 11 is 0. The molecule has 1 atom stereocenters. The van der Waals surface area contributed by atoms with Crippen LogP contribution in [-0.4, -0.2) is 62.3 Å². The Kier molecular flexibility index (Phi) is 6.85. The van der Waals surface area contributed by atoms with Gasteiger partial charge in [0.2, 0.25) is 10.0 Å². The Morgan fingerprint density at radius 3 is 2.84 bits per heavy atom. The van der Waals surface area contributed by atoms with Crippen LogP contribution in [-0.2, 0) is 32.5 Å². The Hall–Kier alpha value is -1.59. The third-order valence-corrected chi connectivity index (χ3v) is 4.32. The van der Waals surface area contributed by atoms with Gasteiger partial charge in [0.05, 0.1) is 37.0 Å². The molecule has 0 aliphatic rings. The molecule has 0 radical (unpaired) electrons. The normalized spacial score (nSPS) is 13.4. The monoisotopic (exact) mass is 371 g/mol. The van der Waals surface area contributed by atoms with Crippen molar-refractivity contribution in [2.75, 3.05) is 33.1 Å². The molecule has 0 aromatic carbocycles. The molecular weight excluding hydrogens is 346 g/mol. The molecule has 0 fully saturated rings. The van der Waals surface area contributed by atoms with Crippen LogP contribution in [0.5, 0.6) is 0 Å². The first kappa shape index (κ1) is 19.7. The van der Waals surface area contributed by atoms with Crippen LogP contribution >= 0.6 is 0 Å². The van der Waals surface area contributed by atoms with Crippen molar-refractivity contribution >= 4 is 21.1 Å². The van der Waals surface area contributed by atoms with Crippen LogP contribution in [0, 0.1) is 6.92 Å². The van der Waals surface area contributed by atoms with E-state index >= 15 is 0 Å². The number of ether oxygens (including phenoxy) is 2. The largest absolute Gasteiger partial charge is 0.378 e. The SMILES string of the molecule is COC(N)Cc1nc(C)cc2c1ncn2CCOCCNS(C)(=O)=O. The number of hydrogen-bond acceptors (Lipinski definition) is 7. The number of hydrogen-bond donors (Lipinski definition) is 2. The molecule has 1 unspecified atom stereocenters. The third-order valence-electron chi connectivity index (χ3n) is 3.59. The maximum atomic E-state index is 11.0. The summed E-state index contributed by atoms with van der Waals surface area (Å²) in [7, 11) is -1.62. The summed E-state index contributed by atoms with van der Waals surface area (Å²) in [5.74, 6) is 0. The van der Waals surface area contributed by atoms with E-state index in [0.29, 0.717) is 26.2 Å². The number of nitrogens with one attached hydrogen (secondary N) is 1. The topological polar surface area (TPSA) is 121 Å². The lowest BCUT2D eigenvalue weighted by Crippen LogP contribution is -2.26. The molecule has 0 saturated carbocycles. The molecule has 2 heterocycles. The molecule has 0 aliphatic carbocycles. The van der Waals surface area contributed by atoms with Crippen LogP contribution in [0.2, 0.25) is 0 Å². The zero-order valence-electron chi connectivity index (χ0n) is 14.7. The zero-order chi connectivity index (χ0) is 18.4. The van der Waals surface area contributed by atoms with Crippen molar-refractivity contribution in [1.82, 2.24) is 19.3 Å². The number of rotatable bonds is 10. The smallest absolute Gasteiger partial charge is 0.208 e. The van der Waals surface area contributed by atoms with Gasteiger partial charge in [0.25, 0.3) is 0 Å². The second kappa shape index (κ2) is 8.68. The number of aromatic nitrogens is 3. The number of nitrogens with zero attached hydrogens (tertiary/aromatic N) is 3. The first-order valence-corrected chi connectivity index (χ1v) is 9.81. The molecular formula is C15H25N5O4S. The lowest BCUT2D eigenvalue weighted by Gasteiger charge is -2.11. The van der Waals surface area contributed by atoms with Gasteiger partial charge >= 0.3 is 0 Å². The van der Waals surface area contributed by atoms with E-state index in [9.17, 15) is 8.42 Å². The maximum Gasteiger partial charge on any atom is 0.208 e. The predicted octanol–water partition coefficient (Wildman–Crippen LogP) is -0.221. The summed E-state index contributed by atoms with van der Waals surface area (Å²) in [4.78, 5) is 8.95. The van der Waals surface area contributed by atoms with Crippen molar-refractivity contribution in [3.8, 4) is 0 Å². The van der Waals surface area contributed by atoms with Crippen molar-refractivity contribution in [2.24, 2.45) is 5.73 Å². The molecule has 0 spiro atoms. The second-order valence-corrected chi connectivity index (χ2v) is 7.61. The lowest BCUT2D eigenvalue weighted by atomic mass is 10.2. The van der Waals surface area contributed by atoms with Crippen molar-refractivity contribution in [3.05, 3.63) is 23.8 Å². The van der Waals surface area contributed by atoms with E-state index in [4.69, 9.17) is 15.2 Å². The number of sulfonamides is 1. The van der Waals surface area contributed by atoms with Crippen molar-refractivity contribution < 1.29 is 17.9 Å². The second-order valence-electron chi connectivity index (χ2n) is 5.77. The predicted molar refractivity (Wildman–Crippen MR) is 94.6 cm³/mol. The van der Waals surface area contributed by atoms with Gasteiger partial charge in [-0.2, -0.15) is 0 Å². The molecule has 25 heavy (non-hydrogen) atoms. The zero-order valence-corrected chi connectivity index (χ0v) is 15.5. The standard InChI is InChI=1S/C15H25N5O4S/c1-11-8-13-15(12(19-11)9-14(16)23-2)17-10-20(13)5-7-24-6-4-18-25(3,21)22/h8,10,14,18H,4-7,9,16H2,1-3H3. The van der Waals surface area contributed by atoms with Gasteiger partial charge in [-0.15, -0.1) is 0 Å². The average molecular weight is 371 g/mol. The number of fused-ring (bicyclic) bond motifs is 1. The van der Waals surface area contributed by atoms with E-state index in [1.807, 2.05) is 17.6 Å². The van der Waals surface area contributed by atoms with Gasteiger partial charge in [-0.05, 0) is 13.0 Å². The fourth-order valence-corrected chi connectivity index (χ4v) is 2.87. The van der Waals surface area contributed by atoms with Gasteiger partial charge in [-0.1, -0.05) is 0 Å². The van der Waals surface area contributed by atoms with E-state index in [2.05, 4.69) is 14.7 Å². The fraction of sp³-hybridized carbons (Fsp3) is 0.600. The Morgan fingerprint density at radius 2 is 2.16 bits per heavy atom. The van der Waals surface area contributed by atoms with E-state index in [0.717, 1.165) is 28.7 Å². The molecule has 3 N–H and O–H groups in total. The highest BCUT2D eigenvalue weighted by Crippen LogP contribution is 2.18. The summed E-state index contributed by atoms with van der Waals surface area (Å²) in [6, 6.07) is 1.97. The van der Waals surface area contributed by atoms with Crippen LogP contribution in [0.15, 0.2) is 12.4 Å². The Bertz CT molecular complexity index is 806. The van der Waals surface area contributed by atoms with Crippen molar-refractivity contribution in [2.45, 2.75) is 26.1 Å². The molecule has 2 rings (SSSR count). The molecule has 10 heteroatoms. The van der Waals surface area contributed by atoms with Gasteiger partial charge in [-0.25, -0.2) is 18.1 Å². The van der Waals surface area contributed by atoms with E-state index in [1.54, 1.807) is 13.4 Å². The lowest BCUT2D eigenvalue weighted by molar-refractivity contribution is 0.108. The Labute approximate surface area is 147 Å². The minimum atomic E-state index is -3.18. The highest BCUT2D eigenvalue weighted by atomic mass is 32.2. The van der Waals surface area contributed by atoms with E-state index in [1.165, 1.54) is 0 Å². The minimum absolute atomic E-state index is 0.256. The quantitative estimate of drug-likeness (QED) is 0.437. The van der Waals surface area contributed by atoms with Gasteiger partial charge in [0.1, 0.15) is 11.7 Å². The van der Waals surface area contributed by atoms with Crippen LogP contribution < -0.4 is 10.5 Å². The highest BCUT2D eigenvalue weighted by molar-refractivity contribution is 7.88. The molecule has 0 amide bonds. The minimum Gasteiger partial charge on any atom is -0.378 e. The number of aryl methyl sites for hydroxylation is 1. The van der Waals surface area contributed by atoms with Crippen LogP contribution in [0.1, 0.15) is 11.4 Å². The molecule has 0 aliphatic heterocycles. The molecule has 2 aromatic rings. The number of methoxy groups -OCH3 is 1. The first-order chi connectivity index (χ1) is 11.8. The Morgan fingerprint density at radius 1 is 1.40 bits per heavy atom. The highest BCUT2D eigenvalue weighted by Gasteiger charge is 2.13. The van der Waals surface area contributed by atoms with Crippen molar-refractivity contribution in [3.63, 3.8) is 0 Å². The summed E-state index contributed by atoms with van der Waals surface area (Å²) in [5, 5.41) is 0. The van der Waals surface area contributed by atoms with Gasteiger partial charge in [0, 0.05) is 32.3 Å². The first-order valence-electron chi connectivity index (χ1n) is 7.92. The average Bonchev–Trinajstić information content (AvgIpc) is 2.92. The number of nitrogens with two attached hydrogens (primary N) is 1. The number of imidazole rings is 1. The van der Waals surface area contributed by atoms with E-state index in [-0.39, 0.29) is 6.54 Å². The summed E-state index contributed by atoms with van der Waals surface area (Å²) in [6.07, 6.45) is 2.92. The summed E-state index contributed by atoms with van der Waals surface area (Å²) < 4.78 is 36.8. The van der Waals surface area contributed by atoms with Crippen LogP contribution in [0.25, 0.3) is 11.0 Å². The summed E-state index contributed by atoms with van der Waals surface area (Å²) in [6.45, 7) is 3.55. The maximum absolute atomic E-state index is 11.0. The molecule has 0 saturated heterocycles. The van der Waals surface area contributed by atoms with Crippen molar-refractivity contribution in [1.29, 1.82) is 0 Å². The Balaban J connectivity index is 1.98. The van der Waals surface area contributed by atoms with Gasteiger partial charge in [-0.3, -0.25) is 4.98 Å². The van der Waals surface area contributed by atoms with Gasteiger partial charge < -0.3 is 19.8 Å². The van der Waals surface area contributed by atoms with E-state index < -0.39 is 16.3 Å². The fourth-order valence-electron chi connectivity index (χ4n) is 2.42. The number of pyridine rings is 1.